The second kappa shape index (κ2) is 9.64. The lowest BCUT2D eigenvalue weighted by atomic mass is 10.2. The highest BCUT2D eigenvalue weighted by molar-refractivity contribution is 5.79. The van der Waals surface area contributed by atoms with Crippen LogP contribution < -0.4 is 10.7 Å². The van der Waals surface area contributed by atoms with E-state index in [4.69, 9.17) is 4.74 Å². The number of ether oxygens (including phenoxy) is 1. The first-order valence-electron chi connectivity index (χ1n) is 9.07. The predicted molar refractivity (Wildman–Crippen MR) is 104 cm³/mol. The number of benzene rings is 2. The van der Waals surface area contributed by atoms with Gasteiger partial charge in [0, 0.05) is 25.0 Å². The van der Waals surface area contributed by atoms with E-state index in [0.717, 1.165) is 17.5 Å². The molecule has 27 heavy (non-hydrogen) atoms. The van der Waals surface area contributed by atoms with Gasteiger partial charge in [0.25, 0.3) is 0 Å². The molecular weight excluding hydrogens is 342 g/mol. The standard InChI is InChI=1S/C21H23N3O3/c25-20-15-23-24(19-10-5-4-9-18(19)20)13-11-21(26)22-12-6-14-27-16-17-7-2-1-3-8-17/h1-5,7-10,15H,6,11-14,16H2,(H,22,26). The molecule has 0 radical (unpaired) electrons. The number of aromatic nitrogens is 2. The number of rotatable bonds is 9. The van der Waals surface area contributed by atoms with E-state index in [1.54, 1.807) is 10.7 Å². The molecule has 1 N–H and O–H groups in total. The van der Waals surface area contributed by atoms with E-state index in [2.05, 4.69) is 10.4 Å². The van der Waals surface area contributed by atoms with Gasteiger partial charge in [-0.05, 0) is 24.1 Å². The van der Waals surface area contributed by atoms with Crippen LogP contribution in [0.4, 0.5) is 0 Å². The van der Waals surface area contributed by atoms with Crippen molar-refractivity contribution in [2.75, 3.05) is 13.2 Å². The number of carbonyl (C=O) groups excluding carboxylic acids is 1. The van der Waals surface area contributed by atoms with E-state index in [1.165, 1.54) is 6.20 Å². The van der Waals surface area contributed by atoms with Gasteiger partial charge < -0.3 is 10.1 Å². The first-order chi connectivity index (χ1) is 13.2. The maximum Gasteiger partial charge on any atom is 0.221 e. The minimum Gasteiger partial charge on any atom is -0.377 e. The lowest BCUT2D eigenvalue weighted by Crippen LogP contribution is -2.26. The number of amides is 1. The summed E-state index contributed by atoms with van der Waals surface area (Å²) < 4.78 is 7.29. The average molecular weight is 365 g/mol. The average Bonchev–Trinajstić information content (AvgIpc) is 2.71. The fraction of sp³-hybridized carbons (Fsp3) is 0.286. The van der Waals surface area contributed by atoms with Crippen molar-refractivity contribution >= 4 is 16.8 Å². The van der Waals surface area contributed by atoms with Gasteiger partial charge in [-0.25, -0.2) is 0 Å². The zero-order valence-corrected chi connectivity index (χ0v) is 15.1. The summed E-state index contributed by atoms with van der Waals surface area (Å²) in [6.45, 7) is 2.18. The van der Waals surface area contributed by atoms with E-state index in [9.17, 15) is 9.59 Å². The van der Waals surface area contributed by atoms with E-state index >= 15 is 0 Å². The molecular formula is C21H23N3O3. The Kier molecular flexibility index (Phi) is 6.71. The van der Waals surface area contributed by atoms with Crippen LogP contribution in [0.25, 0.3) is 10.9 Å². The highest BCUT2D eigenvalue weighted by Crippen LogP contribution is 2.08. The highest BCUT2D eigenvalue weighted by Gasteiger charge is 2.06. The number of fused-ring (bicyclic) bond motifs is 1. The summed E-state index contributed by atoms with van der Waals surface area (Å²) in [4.78, 5) is 23.8. The van der Waals surface area contributed by atoms with Crippen molar-refractivity contribution in [3.8, 4) is 0 Å². The predicted octanol–water partition coefficient (Wildman–Crippen LogP) is 2.51. The van der Waals surface area contributed by atoms with Gasteiger partial charge in [-0.3, -0.25) is 14.3 Å². The smallest absolute Gasteiger partial charge is 0.221 e. The van der Waals surface area contributed by atoms with Crippen LogP contribution in [0.3, 0.4) is 0 Å². The Bertz CT molecular complexity index is 938. The zero-order chi connectivity index (χ0) is 18.9. The van der Waals surface area contributed by atoms with Crippen molar-refractivity contribution in [2.24, 2.45) is 0 Å². The summed E-state index contributed by atoms with van der Waals surface area (Å²) in [5.74, 6) is -0.0392. The first kappa shape index (κ1) is 18.8. The molecule has 2 aromatic carbocycles. The summed E-state index contributed by atoms with van der Waals surface area (Å²) in [5, 5.41) is 7.64. The number of para-hydroxylation sites is 1. The van der Waals surface area contributed by atoms with Gasteiger partial charge in [0.1, 0.15) is 0 Å². The van der Waals surface area contributed by atoms with Gasteiger partial charge in [-0.2, -0.15) is 5.10 Å². The Morgan fingerprint density at radius 2 is 1.85 bits per heavy atom. The molecule has 6 heteroatoms. The lowest BCUT2D eigenvalue weighted by molar-refractivity contribution is -0.121. The summed E-state index contributed by atoms with van der Waals surface area (Å²) in [6, 6.07) is 17.3. The largest absolute Gasteiger partial charge is 0.377 e. The van der Waals surface area contributed by atoms with Crippen LogP contribution in [0, 0.1) is 0 Å². The van der Waals surface area contributed by atoms with Crippen molar-refractivity contribution in [3.05, 3.63) is 76.6 Å². The molecule has 0 fully saturated rings. The number of carbonyl (C=O) groups is 1. The number of hydrogen-bond acceptors (Lipinski definition) is 4. The maximum atomic E-state index is 12.0. The molecule has 0 saturated carbocycles. The quantitative estimate of drug-likeness (QED) is 0.592. The van der Waals surface area contributed by atoms with Gasteiger partial charge in [0.2, 0.25) is 11.3 Å². The van der Waals surface area contributed by atoms with Gasteiger partial charge in [-0.15, -0.1) is 0 Å². The summed E-state index contributed by atoms with van der Waals surface area (Å²) in [7, 11) is 0. The van der Waals surface area contributed by atoms with Crippen molar-refractivity contribution < 1.29 is 9.53 Å². The van der Waals surface area contributed by atoms with Crippen molar-refractivity contribution in [2.45, 2.75) is 26.0 Å². The first-order valence-corrected chi connectivity index (χ1v) is 9.07. The molecule has 0 spiro atoms. The SMILES string of the molecule is O=C(CCn1ncc(=O)c2ccccc21)NCCCOCc1ccccc1. The van der Waals surface area contributed by atoms with Crippen molar-refractivity contribution in [3.63, 3.8) is 0 Å². The molecule has 1 amide bonds. The van der Waals surface area contributed by atoms with Crippen molar-refractivity contribution in [1.82, 2.24) is 15.1 Å². The summed E-state index contributed by atoms with van der Waals surface area (Å²) in [6.07, 6.45) is 2.37. The van der Waals surface area contributed by atoms with Gasteiger partial charge in [0.15, 0.2) is 0 Å². The van der Waals surface area contributed by atoms with Crippen LogP contribution >= 0.6 is 0 Å². The zero-order valence-electron chi connectivity index (χ0n) is 15.1. The molecule has 0 atom stereocenters. The topological polar surface area (TPSA) is 73.2 Å². The van der Waals surface area contributed by atoms with Crippen LogP contribution in [0.2, 0.25) is 0 Å². The van der Waals surface area contributed by atoms with Crippen LogP contribution in [0.1, 0.15) is 18.4 Å². The number of nitrogens with one attached hydrogen (secondary N) is 1. The second-order valence-corrected chi connectivity index (χ2v) is 6.24. The van der Waals surface area contributed by atoms with E-state index < -0.39 is 0 Å². The van der Waals surface area contributed by atoms with Crippen molar-refractivity contribution in [1.29, 1.82) is 0 Å². The molecule has 1 aromatic heterocycles. The number of hydrogen-bond donors (Lipinski definition) is 1. The minimum absolute atomic E-state index is 0.0392. The van der Waals surface area contributed by atoms with Gasteiger partial charge in [-0.1, -0.05) is 42.5 Å². The van der Waals surface area contributed by atoms with Crippen LogP contribution in [0.5, 0.6) is 0 Å². The third-order valence-electron chi connectivity index (χ3n) is 4.21. The second-order valence-electron chi connectivity index (χ2n) is 6.24. The van der Waals surface area contributed by atoms with Gasteiger partial charge >= 0.3 is 0 Å². The fourth-order valence-electron chi connectivity index (χ4n) is 2.80. The van der Waals surface area contributed by atoms with E-state index in [1.807, 2.05) is 48.5 Å². The Hall–Kier alpha value is -2.99. The van der Waals surface area contributed by atoms with E-state index in [0.29, 0.717) is 38.1 Å². The molecule has 3 rings (SSSR count). The molecule has 0 bridgehead atoms. The number of aryl methyl sites for hydroxylation is 1. The molecule has 0 aliphatic rings. The van der Waals surface area contributed by atoms with Gasteiger partial charge in [0.05, 0.1) is 24.9 Å². The Labute approximate surface area is 157 Å². The third-order valence-corrected chi connectivity index (χ3v) is 4.21. The minimum atomic E-state index is -0.109. The molecule has 1 heterocycles. The Morgan fingerprint density at radius 1 is 1.07 bits per heavy atom. The summed E-state index contributed by atoms with van der Waals surface area (Å²) in [5.41, 5.74) is 1.77. The number of nitrogens with zero attached hydrogens (tertiary/aromatic N) is 2. The molecule has 140 valence electrons. The normalized spacial score (nSPS) is 10.8. The molecule has 6 nitrogen and oxygen atoms in total. The summed E-state index contributed by atoms with van der Waals surface area (Å²) >= 11 is 0. The molecule has 0 saturated heterocycles. The Morgan fingerprint density at radius 3 is 2.70 bits per heavy atom. The highest BCUT2D eigenvalue weighted by atomic mass is 16.5. The molecule has 0 aliphatic heterocycles. The van der Waals surface area contributed by atoms with Crippen LogP contribution in [-0.4, -0.2) is 28.8 Å². The monoisotopic (exact) mass is 365 g/mol. The Balaban J connectivity index is 1.37. The molecule has 0 unspecified atom stereocenters. The fourth-order valence-corrected chi connectivity index (χ4v) is 2.80. The maximum absolute atomic E-state index is 12.0. The third kappa shape index (κ3) is 5.49. The van der Waals surface area contributed by atoms with E-state index in [-0.39, 0.29) is 11.3 Å². The van der Waals surface area contributed by atoms with Crippen LogP contribution in [0.15, 0.2) is 65.6 Å². The molecule has 3 aromatic rings. The van der Waals surface area contributed by atoms with Crippen LogP contribution in [-0.2, 0) is 22.7 Å². The molecule has 0 aliphatic carbocycles. The lowest BCUT2D eigenvalue weighted by Gasteiger charge is -2.09.